The van der Waals surface area contributed by atoms with Gasteiger partial charge in [0.2, 0.25) is 0 Å². The largest absolute Gasteiger partial charge is 0.399 e. The van der Waals surface area contributed by atoms with Gasteiger partial charge in [-0.25, -0.2) is 13.2 Å². The summed E-state index contributed by atoms with van der Waals surface area (Å²) in [6.07, 6.45) is -2.06. The van der Waals surface area contributed by atoms with Crippen LogP contribution < -0.4 is 11.1 Å². The summed E-state index contributed by atoms with van der Waals surface area (Å²) >= 11 is 0. The average molecular weight is 194 g/mol. The topological polar surface area (TPSA) is 55.1 Å². The fourth-order valence-corrected chi connectivity index (χ4v) is 0.483. The highest BCUT2D eigenvalue weighted by Gasteiger charge is 2.10. The maximum Gasteiger partial charge on any atom is 0.280 e. The predicted octanol–water partition coefficient (Wildman–Crippen LogP) is 0.694. The van der Waals surface area contributed by atoms with Crippen LogP contribution in [0.3, 0.4) is 0 Å². The number of alkyl halides is 2. The predicted molar refractivity (Wildman–Crippen MR) is 41.5 cm³/mol. The van der Waals surface area contributed by atoms with Crippen molar-refractivity contribution in [3.8, 4) is 0 Å². The third kappa shape index (κ3) is 5.77. The van der Waals surface area contributed by atoms with E-state index in [0.717, 1.165) is 0 Å². The van der Waals surface area contributed by atoms with Gasteiger partial charge in [0.05, 0.1) is 6.54 Å². The monoisotopic (exact) mass is 194 g/mol. The Bertz CT molecular complexity index is 238. The summed E-state index contributed by atoms with van der Waals surface area (Å²) in [6, 6.07) is 0. The van der Waals surface area contributed by atoms with Gasteiger partial charge in [0.15, 0.2) is 5.83 Å². The normalized spacial score (nSPS) is 11.5. The zero-order valence-electron chi connectivity index (χ0n) is 6.69. The first-order chi connectivity index (χ1) is 5.93. The third-order valence-corrected chi connectivity index (χ3v) is 0.946. The van der Waals surface area contributed by atoms with Crippen LogP contribution in [0.4, 0.5) is 13.2 Å². The minimum atomic E-state index is -2.71. The molecule has 0 atom stereocenters. The van der Waals surface area contributed by atoms with E-state index in [0.29, 0.717) is 6.08 Å². The van der Waals surface area contributed by atoms with E-state index >= 15 is 0 Å². The van der Waals surface area contributed by atoms with E-state index in [1.54, 1.807) is 5.32 Å². The highest BCUT2D eigenvalue weighted by atomic mass is 19.3. The first-order valence-corrected chi connectivity index (χ1v) is 3.31. The van der Waals surface area contributed by atoms with Gasteiger partial charge >= 0.3 is 0 Å². The molecule has 0 saturated carbocycles. The summed E-state index contributed by atoms with van der Waals surface area (Å²) in [5.41, 5.74) is 4.79. The van der Waals surface area contributed by atoms with Crippen molar-refractivity contribution in [2.75, 3.05) is 6.54 Å². The maximum atomic E-state index is 12.6. The maximum absolute atomic E-state index is 12.6. The molecule has 0 unspecified atom stereocenters. The summed E-state index contributed by atoms with van der Waals surface area (Å²) in [6.45, 7) is 2.21. The highest BCUT2D eigenvalue weighted by molar-refractivity contribution is 5.91. The van der Waals surface area contributed by atoms with Crippen molar-refractivity contribution in [1.82, 2.24) is 5.32 Å². The number of halogens is 3. The standard InChI is InChI=1S/C7H9F3N2O/c1-4(11)2-5(8)7(13)12-3-6(9)10/h2,6H,1,3,11H2,(H,12,13)/b5-2+. The Kier molecular flexibility index (Phi) is 4.64. The second-order valence-electron chi connectivity index (χ2n) is 2.17. The van der Waals surface area contributed by atoms with E-state index < -0.39 is 24.7 Å². The van der Waals surface area contributed by atoms with E-state index in [9.17, 15) is 18.0 Å². The molecular weight excluding hydrogens is 185 g/mol. The quantitative estimate of drug-likeness (QED) is 0.511. The molecule has 0 rings (SSSR count). The fraction of sp³-hybridized carbons (Fsp3) is 0.286. The Hall–Kier alpha value is -1.46. The minimum absolute atomic E-state index is 0.162. The van der Waals surface area contributed by atoms with Crippen molar-refractivity contribution in [1.29, 1.82) is 0 Å². The van der Waals surface area contributed by atoms with E-state index in [1.165, 1.54) is 0 Å². The second kappa shape index (κ2) is 5.23. The Morgan fingerprint density at radius 1 is 1.62 bits per heavy atom. The van der Waals surface area contributed by atoms with Gasteiger partial charge in [-0.1, -0.05) is 6.58 Å². The van der Waals surface area contributed by atoms with E-state index in [1.807, 2.05) is 0 Å². The lowest BCUT2D eigenvalue weighted by Crippen LogP contribution is -2.28. The number of nitrogens with one attached hydrogen (secondary N) is 1. The molecule has 0 bridgehead atoms. The van der Waals surface area contributed by atoms with Crippen LogP contribution in [0.15, 0.2) is 24.2 Å². The molecule has 0 aliphatic carbocycles. The Morgan fingerprint density at radius 3 is 2.54 bits per heavy atom. The molecular formula is C7H9F3N2O. The smallest absolute Gasteiger partial charge is 0.280 e. The molecule has 0 radical (unpaired) electrons. The zero-order chi connectivity index (χ0) is 10.4. The first kappa shape index (κ1) is 11.5. The fourth-order valence-electron chi connectivity index (χ4n) is 0.483. The number of hydrogen-bond donors (Lipinski definition) is 2. The van der Waals surface area contributed by atoms with Gasteiger partial charge in [0.1, 0.15) is 0 Å². The van der Waals surface area contributed by atoms with E-state index in [4.69, 9.17) is 5.73 Å². The van der Waals surface area contributed by atoms with Gasteiger partial charge in [0.25, 0.3) is 12.3 Å². The minimum Gasteiger partial charge on any atom is -0.399 e. The Labute approximate surface area is 73.1 Å². The van der Waals surface area contributed by atoms with Crippen LogP contribution in [0.5, 0.6) is 0 Å². The Morgan fingerprint density at radius 2 is 2.15 bits per heavy atom. The van der Waals surface area contributed by atoms with Gasteiger partial charge in [-0.2, -0.15) is 0 Å². The van der Waals surface area contributed by atoms with Crippen LogP contribution >= 0.6 is 0 Å². The number of carbonyl (C=O) groups is 1. The number of nitrogens with two attached hydrogens (primary N) is 1. The van der Waals surface area contributed by atoms with Crippen molar-refractivity contribution in [2.45, 2.75) is 6.43 Å². The molecule has 0 saturated heterocycles. The highest BCUT2D eigenvalue weighted by Crippen LogP contribution is 1.99. The van der Waals surface area contributed by atoms with Gasteiger partial charge in [-0.3, -0.25) is 4.79 Å². The van der Waals surface area contributed by atoms with Crippen molar-refractivity contribution in [3.05, 3.63) is 24.2 Å². The first-order valence-electron chi connectivity index (χ1n) is 3.31. The molecule has 13 heavy (non-hydrogen) atoms. The van der Waals surface area contributed by atoms with Crippen molar-refractivity contribution >= 4 is 5.91 Å². The van der Waals surface area contributed by atoms with Crippen LogP contribution in [0.1, 0.15) is 0 Å². The van der Waals surface area contributed by atoms with Gasteiger partial charge in [-0.15, -0.1) is 0 Å². The van der Waals surface area contributed by atoms with Gasteiger partial charge < -0.3 is 11.1 Å². The average Bonchev–Trinajstić information content (AvgIpc) is 1.98. The molecule has 1 amide bonds. The molecule has 0 spiro atoms. The van der Waals surface area contributed by atoms with Gasteiger partial charge in [-0.05, 0) is 0 Å². The third-order valence-electron chi connectivity index (χ3n) is 0.946. The van der Waals surface area contributed by atoms with Crippen molar-refractivity contribution < 1.29 is 18.0 Å². The summed E-state index contributed by atoms with van der Waals surface area (Å²) < 4.78 is 35.6. The summed E-state index contributed by atoms with van der Waals surface area (Å²) in [7, 11) is 0. The summed E-state index contributed by atoms with van der Waals surface area (Å²) in [5.74, 6) is -2.47. The number of amides is 1. The molecule has 0 fully saturated rings. The number of allylic oxidation sites excluding steroid dienone is 1. The molecule has 74 valence electrons. The van der Waals surface area contributed by atoms with Crippen LogP contribution in [0, 0.1) is 0 Å². The Balaban J connectivity index is 4.04. The molecule has 0 aliphatic heterocycles. The number of hydrogen-bond acceptors (Lipinski definition) is 2. The van der Waals surface area contributed by atoms with Crippen molar-refractivity contribution in [3.63, 3.8) is 0 Å². The molecule has 0 heterocycles. The lowest BCUT2D eigenvalue weighted by Gasteiger charge is -2.01. The van der Waals surface area contributed by atoms with Crippen LogP contribution in [0.2, 0.25) is 0 Å². The molecule has 0 aromatic carbocycles. The molecule has 3 nitrogen and oxygen atoms in total. The summed E-state index contributed by atoms with van der Waals surface area (Å²) in [5, 5.41) is 1.66. The SMILES string of the molecule is C=C(N)/C=C(/F)C(=O)NCC(F)F. The van der Waals surface area contributed by atoms with Crippen molar-refractivity contribution in [2.24, 2.45) is 5.73 Å². The molecule has 0 aromatic heterocycles. The second-order valence-corrected chi connectivity index (χ2v) is 2.17. The number of rotatable bonds is 4. The molecule has 0 aromatic rings. The van der Waals surface area contributed by atoms with Crippen LogP contribution in [-0.2, 0) is 4.79 Å². The van der Waals surface area contributed by atoms with Crippen LogP contribution in [-0.4, -0.2) is 18.9 Å². The van der Waals surface area contributed by atoms with E-state index in [2.05, 4.69) is 6.58 Å². The van der Waals surface area contributed by atoms with Gasteiger partial charge in [0, 0.05) is 11.8 Å². The molecule has 6 heteroatoms. The summed E-state index contributed by atoms with van der Waals surface area (Å²) in [4.78, 5) is 10.6. The number of carbonyl (C=O) groups excluding carboxylic acids is 1. The van der Waals surface area contributed by atoms with E-state index in [-0.39, 0.29) is 5.70 Å². The lowest BCUT2D eigenvalue weighted by molar-refractivity contribution is -0.119. The zero-order valence-corrected chi connectivity index (χ0v) is 6.69. The molecule has 0 aliphatic rings. The van der Waals surface area contributed by atoms with Crippen LogP contribution in [0.25, 0.3) is 0 Å². The lowest BCUT2D eigenvalue weighted by atomic mass is 10.4. The molecule has 3 N–H and O–H groups in total.